The standard InChI is InChI=1S/C16H19NO3/c1-2-15(18)6-8-17-16(19)13-5-3-4-12(10-13)14-7-9-20-11-14/h3-5,7,9-11,15,18H,2,6,8H2,1H3,(H,17,19). The number of amides is 1. The molecule has 1 aromatic carbocycles. The number of carbonyl (C=O) groups excluding carboxylic acids is 1. The molecule has 0 saturated carbocycles. The average molecular weight is 273 g/mol. The first kappa shape index (κ1) is 14.3. The van der Waals surface area contributed by atoms with Crippen LogP contribution in [0.25, 0.3) is 11.1 Å². The van der Waals surface area contributed by atoms with Gasteiger partial charge in [0.05, 0.1) is 18.6 Å². The van der Waals surface area contributed by atoms with Crippen molar-refractivity contribution in [2.45, 2.75) is 25.9 Å². The maximum Gasteiger partial charge on any atom is 0.251 e. The Bertz CT molecular complexity index is 549. The number of hydrogen-bond acceptors (Lipinski definition) is 3. The highest BCUT2D eigenvalue weighted by Gasteiger charge is 2.08. The molecule has 2 rings (SSSR count). The summed E-state index contributed by atoms with van der Waals surface area (Å²) in [5, 5.41) is 12.3. The van der Waals surface area contributed by atoms with E-state index < -0.39 is 0 Å². The summed E-state index contributed by atoms with van der Waals surface area (Å²) in [6.45, 7) is 2.39. The fraction of sp³-hybridized carbons (Fsp3) is 0.312. The Morgan fingerprint density at radius 2 is 2.20 bits per heavy atom. The van der Waals surface area contributed by atoms with Gasteiger partial charge in [0.1, 0.15) is 0 Å². The van der Waals surface area contributed by atoms with Gasteiger partial charge in [0.25, 0.3) is 5.91 Å². The number of aliphatic hydroxyl groups excluding tert-OH is 1. The topological polar surface area (TPSA) is 62.5 Å². The number of rotatable bonds is 6. The number of benzene rings is 1. The van der Waals surface area contributed by atoms with Gasteiger partial charge in [-0.2, -0.15) is 0 Å². The molecule has 1 atom stereocenters. The van der Waals surface area contributed by atoms with Crippen molar-refractivity contribution in [3.8, 4) is 11.1 Å². The van der Waals surface area contributed by atoms with Crippen molar-refractivity contribution in [1.29, 1.82) is 0 Å². The minimum Gasteiger partial charge on any atom is -0.472 e. The molecule has 4 nitrogen and oxygen atoms in total. The van der Waals surface area contributed by atoms with E-state index in [2.05, 4.69) is 5.32 Å². The zero-order valence-corrected chi connectivity index (χ0v) is 11.5. The van der Waals surface area contributed by atoms with Gasteiger partial charge in [-0.3, -0.25) is 4.79 Å². The third-order valence-corrected chi connectivity index (χ3v) is 3.21. The van der Waals surface area contributed by atoms with Crippen molar-refractivity contribution >= 4 is 5.91 Å². The summed E-state index contributed by atoms with van der Waals surface area (Å²) in [6, 6.07) is 9.24. The maximum atomic E-state index is 12.0. The quantitative estimate of drug-likeness (QED) is 0.850. The Hall–Kier alpha value is -2.07. The SMILES string of the molecule is CCC(O)CCNC(=O)c1cccc(-c2ccoc2)c1. The fourth-order valence-corrected chi connectivity index (χ4v) is 1.93. The second kappa shape index (κ2) is 6.91. The highest BCUT2D eigenvalue weighted by molar-refractivity contribution is 5.95. The van der Waals surface area contributed by atoms with Crippen LogP contribution < -0.4 is 5.32 Å². The van der Waals surface area contributed by atoms with Crippen LogP contribution in [0.3, 0.4) is 0 Å². The van der Waals surface area contributed by atoms with Crippen molar-refractivity contribution in [2.24, 2.45) is 0 Å². The smallest absolute Gasteiger partial charge is 0.251 e. The fourth-order valence-electron chi connectivity index (χ4n) is 1.93. The first-order valence-corrected chi connectivity index (χ1v) is 6.79. The molecular formula is C16H19NO3. The van der Waals surface area contributed by atoms with E-state index in [-0.39, 0.29) is 12.0 Å². The van der Waals surface area contributed by atoms with E-state index in [0.29, 0.717) is 24.9 Å². The van der Waals surface area contributed by atoms with E-state index in [9.17, 15) is 9.90 Å². The first-order valence-electron chi connectivity index (χ1n) is 6.79. The van der Waals surface area contributed by atoms with E-state index in [4.69, 9.17) is 4.42 Å². The van der Waals surface area contributed by atoms with Crippen LogP contribution in [0, 0.1) is 0 Å². The van der Waals surface area contributed by atoms with Crippen molar-refractivity contribution in [3.05, 3.63) is 48.4 Å². The second-order valence-corrected chi connectivity index (χ2v) is 4.70. The Morgan fingerprint density at radius 3 is 2.90 bits per heavy atom. The predicted molar refractivity (Wildman–Crippen MR) is 77.4 cm³/mol. The molecule has 4 heteroatoms. The molecule has 0 aliphatic rings. The molecule has 1 heterocycles. The van der Waals surface area contributed by atoms with Gasteiger partial charge in [-0.15, -0.1) is 0 Å². The lowest BCUT2D eigenvalue weighted by Gasteiger charge is -2.09. The first-order chi connectivity index (χ1) is 9.70. The second-order valence-electron chi connectivity index (χ2n) is 4.70. The molecule has 2 aromatic rings. The zero-order chi connectivity index (χ0) is 14.4. The van der Waals surface area contributed by atoms with Crippen molar-refractivity contribution in [1.82, 2.24) is 5.32 Å². The van der Waals surface area contributed by atoms with E-state index in [1.54, 1.807) is 18.6 Å². The minimum atomic E-state index is -0.354. The highest BCUT2D eigenvalue weighted by Crippen LogP contribution is 2.20. The molecule has 0 aliphatic heterocycles. The van der Waals surface area contributed by atoms with E-state index in [0.717, 1.165) is 11.1 Å². The van der Waals surface area contributed by atoms with Gasteiger partial charge in [0.2, 0.25) is 0 Å². The van der Waals surface area contributed by atoms with Crippen molar-refractivity contribution in [3.63, 3.8) is 0 Å². The van der Waals surface area contributed by atoms with Crippen LogP contribution in [-0.2, 0) is 0 Å². The van der Waals surface area contributed by atoms with Crippen LogP contribution >= 0.6 is 0 Å². The molecule has 0 aliphatic carbocycles. The van der Waals surface area contributed by atoms with Crippen LogP contribution in [0.5, 0.6) is 0 Å². The van der Waals surface area contributed by atoms with Crippen LogP contribution in [-0.4, -0.2) is 23.7 Å². The summed E-state index contributed by atoms with van der Waals surface area (Å²) in [6.07, 6.45) is 4.17. The molecule has 20 heavy (non-hydrogen) atoms. The summed E-state index contributed by atoms with van der Waals surface area (Å²) in [5.41, 5.74) is 2.50. The van der Waals surface area contributed by atoms with Crippen molar-refractivity contribution < 1.29 is 14.3 Å². The molecule has 1 amide bonds. The van der Waals surface area contributed by atoms with Gasteiger partial charge in [-0.25, -0.2) is 0 Å². The maximum absolute atomic E-state index is 12.0. The minimum absolute atomic E-state index is 0.126. The Morgan fingerprint density at radius 1 is 1.35 bits per heavy atom. The van der Waals surface area contributed by atoms with Crippen LogP contribution in [0.2, 0.25) is 0 Å². The average Bonchev–Trinajstić information content (AvgIpc) is 3.01. The molecule has 0 spiro atoms. The lowest BCUT2D eigenvalue weighted by molar-refractivity contribution is 0.0942. The molecule has 1 aromatic heterocycles. The van der Waals surface area contributed by atoms with E-state index in [1.807, 2.05) is 31.2 Å². The predicted octanol–water partition coefficient (Wildman–Crippen LogP) is 2.84. The van der Waals surface area contributed by atoms with Gasteiger partial charge in [-0.05, 0) is 36.6 Å². The normalized spacial score (nSPS) is 12.1. The lowest BCUT2D eigenvalue weighted by atomic mass is 10.1. The van der Waals surface area contributed by atoms with Crippen molar-refractivity contribution in [2.75, 3.05) is 6.54 Å². The third-order valence-electron chi connectivity index (χ3n) is 3.21. The van der Waals surface area contributed by atoms with Crippen LogP contribution in [0.4, 0.5) is 0 Å². The van der Waals surface area contributed by atoms with Crippen LogP contribution in [0.1, 0.15) is 30.1 Å². The molecule has 1 unspecified atom stereocenters. The summed E-state index contributed by atoms with van der Waals surface area (Å²) in [4.78, 5) is 12.0. The Balaban J connectivity index is 1.98. The number of aliphatic hydroxyl groups is 1. The summed E-state index contributed by atoms with van der Waals surface area (Å²) < 4.78 is 5.04. The molecule has 106 valence electrons. The summed E-state index contributed by atoms with van der Waals surface area (Å²) >= 11 is 0. The lowest BCUT2D eigenvalue weighted by Crippen LogP contribution is -2.26. The molecule has 0 fully saturated rings. The number of hydrogen-bond donors (Lipinski definition) is 2. The van der Waals surface area contributed by atoms with Crippen LogP contribution in [0.15, 0.2) is 47.3 Å². The molecular weight excluding hydrogens is 254 g/mol. The molecule has 0 radical (unpaired) electrons. The highest BCUT2D eigenvalue weighted by atomic mass is 16.3. The Labute approximate surface area is 118 Å². The number of furan rings is 1. The molecule has 0 bridgehead atoms. The van der Waals surface area contributed by atoms with E-state index >= 15 is 0 Å². The third kappa shape index (κ3) is 3.71. The van der Waals surface area contributed by atoms with Gasteiger partial charge in [0, 0.05) is 17.7 Å². The largest absolute Gasteiger partial charge is 0.472 e. The Kier molecular flexibility index (Phi) is 4.96. The van der Waals surface area contributed by atoms with E-state index in [1.165, 1.54) is 0 Å². The zero-order valence-electron chi connectivity index (χ0n) is 11.5. The monoisotopic (exact) mass is 273 g/mol. The summed E-state index contributed by atoms with van der Waals surface area (Å²) in [7, 11) is 0. The molecule has 2 N–H and O–H groups in total. The number of carbonyl (C=O) groups is 1. The van der Waals surface area contributed by atoms with Gasteiger partial charge >= 0.3 is 0 Å². The van der Waals surface area contributed by atoms with Gasteiger partial charge in [-0.1, -0.05) is 19.1 Å². The molecule has 0 saturated heterocycles. The van der Waals surface area contributed by atoms with Gasteiger partial charge in [0.15, 0.2) is 0 Å². The number of nitrogens with one attached hydrogen (secondary N) is 1. The summed E-state index contributed by atoms with van der Waals surface area (Å²) in [5.74, 6) is -0.126. The van der Waals surface area contributed by atoms with Gasteiger partial charge < -0.3 is 14.8 Å².